The fourth-order valence-electron chi connectivity index (χ4n) is 3.11. The predicted molar refractivity (Wildman–Crippen MR) is 126 cm³/mol. The summed E-state index contributed by atoms with van der Waals surface area (Å²) < 4.78 is 19.6. The Bertz CT molecular complexity index is 867. The lowest BCUT2D eigenvalue weighted by Crippen LogP contribution is -2.35. The summed E-state index contributed by atoms with van der Waals surface area (Å²) in [6, 6.07) is 0. The number of aromatic nitrogens is 2. The molecule has 0 aromatic carbocycles. The zero-order valence-electron chi connectivity index (χ0n) is 19.4. The molecule has 0 aliphatic heterocycles. The average molecular weight is 449 g/mol. The van der Waals surface area contributed by atoms with E-state index in [4.69, 9.17) is 4.74 Å². The summed E-state index contributed by atoms with van der Waals surface area (Å²) in [4.78, 5) is 36.9. The Hall–Kier alpha value is -2.70. The largest absolute Gasteiger partial charge is 0.441 e. The molecule has 1 aromatic rings. The molecule has 178 valence electrons. The van der Waals surface area contributed by atoms with Crippen LogP contribution in [0.2, 0.25) is 0 Å². The zero-order valence-corrected chi connectivity index (χ0v) is 19.4. The number of ether oxygens (including phenoxy) is 1. The third-order valence-electron chi connectivity index (χ3n) is 4.88. The van der Waals surface area contributed by atoms with E-state index in [1.165, 1.54) is 0 Å². The van der Waals surface area contributed by atoms with Gasteiger partial charge in [0.25, 0.3) is 5.56 Å². The molecule has 32 heavy (non-hydrogen) atoms. The van der Waals surface area contributed by atoms with Crippen LogP contribution >= 0.6 is 0 Å². The summed E-state index contributed by atoms with van der Waals surface area (Å²) in [7, 11) is 0. The van der Waals surface area contributed by atoms with Crippen LogP contribution in [0.1, 0.15) is 90.7 Å². The summed E-state index contributed by atoms with van der Waals surface area (Å²) in [6.45, 7) is 3.84. The van der Waals surface area contributed by atoms with E-state index in [1.807, 2.05) is 4.98 Å². The highest BCUT2D eigenvalue weighted by atomic mass is 19.1. The second kappa shape index (κ2) is 16.9. The first-order valence-electron chi connectivity index (χ1n) is 11.6. The van der Waals surface area contributed by atoms with Crippen molar-refractivity contribution in [2.45, 2.75) is 90.7 Å². The molecule has 1 aromatic heterocycles. The molecule has 0 amide bonds. The Morgan fingerprint density at radius 1 is 1.00 bits per heavy atom. The lowest BCUT2D eigenvalue weighted by atomic mass is 10.1. The van der Waals surface area contributed by atoms with Gasteiger partial charge in [-0.25, -0.2) is 4.79 Å². The average Bonchev–Trinajstić information content (AvgIpc) is 2.77. The van der Waals surface area contributed by atoms with Crippen LogP contribution in [0, 0.1) is 5.82 Å². The van der Waals surface area contributed by atoms with Gasteiger partial charge in [-0.05, 0) is 38.5 Å². The molecule has 0 saturated carbocycles. The van der Waals surface area contributed by atoms with E-state index >= 15 is 0 Å². The molecule has 0 aliphatic rings. The van der Waals surface area contributed by atoms with E-state index in [9.17, 15) is 18.8 Å². The monoisotopic (exact) mass is 448 g/mol. The highest BCUT2D eigenvalue weighted by Gasteiger charge is 2.17. The Balaban J connectivity index is 2.15. The van der Waals surface area contributed by atoms with Gasteiger partial charge in [-0.15, -0.1) is 0 Å². The molecule has 0 aliphatic carbocycles. The standard InChI is InChI=1S/C25H37FN2O4/c1-3-5-6-7-8-9-10-11-12-13-14-15-16-17-18-19-23(29)32-22(4-2)28-20-21(26)24(30)27-25(28)31/h5-6,8-9,11-12,20,22H,3-4,7,10,13-19H2,1-2H3,(H,27,30,31). The van der Waals surface area contributed by atoms with Gasteiger partial charge in [0.05, 0.1) is 6.20 Å². The van der Waals surface area contributed by atoms with Crippen LogP contribution in [0.15, 0.2) is 52.2 Å². The third kappa shape index (κ3) is 11.6. The van der Waals surface area contributed by atoms with Gasteiger partial charge in [0.15, 0.2) is 6.23 Å². The summed E-state index contributed by atoms with van der Waals surface area (Å²) in [6.07, 6.45) is 22.5. The molecule has 0 spiro atoms. The SMILES string of the molecule is CCC=CCC=CCC=CCCCCCCCC(=O)OC(CC)n1cc(F)c(=O)[nH]c1=O. The normalized spacial score (nSPS) is 12.8. The maximum Gasteiger partial charge on any atom is 0.331 e. The minimum absolute atomic E-state index is 0.247. The number of nitrogens with zero attached hydrogens (tertiary/aromatic N) is 1. The Labute approximate surface area is 189 Å². The maximum absolute atomic E-state index is 13.4. The molecule has 6 nitrogen and oxygen atoms in total. The van der Waals surface area contributed by atoms with E-state index in [-0.39, 0.29) is 12.8 Å². The number of H-pyrrole nitrogens is 1. The van der Waals surface area contributed by atoms with Crippen LogP contribution in [0.4, 0.5) is 4.39 Å². The lowest BCUT2D eigenvalue weighted by molar-refractivity contribution is -0.154. The van der Waals surface area contributed by atoms with E-state index < -0.39 is 29.3 Å². The zero-order chi connectivity index (χ0) is 23.6. The maximum atomic E-state index is 13.4. The van der Waals surface area contributed by atoms with Crippen molar-refractivity contribution in [2.75, 3.05) is 0 Å². The third-order valence-corrected chi connectivity index (χ3v) is 4.88. The van der Waals surface area contributed by atoms with E-state index in [1.54, 1.807) is 6.92 Å². The van der Waals surface area contributed by atoms with Crippen molar-refractivity contribution in [3.8, 4) is 0 Å². The molecule has 1 atom stereocenters. The van der Waals surface area contributed by atoms with Gasteiger partial charge in [-0.3, -0.25) is 19.1 Å². The number of unbranched alkanes of at least 4 members (excludes halogenated alkanes) is 5. The first-order chi connectivity index (χ1) is 15.5. The van der Waals surface area contributed by atoms with Gasteiger partial charge in [0, 0.05) is 12.8 Å². The summed E-state index contributed by atoms with van der Waals surface area (Å²) >= 11 is 0. The van der Waals surface area contributed by atoms with Crippen LogP contribution in [-0.4, -0.2) is 15.5 Å². The minimum Gasteiger partial charge on any atom is -0.441 e. The predicted octanol–water partition coefficient (Wildman–Crippen LogP) is 5.72. The number of esters is 1. The molecule has 1 rings (SSSR count). The van der Waals surface area contributed by atoms with Crippen molar-refractivity contribution in [3.63, 3.8) is 0 Å². The Kier molecular flexibility index (Phi) is 14.5. The number of carbonyl (C=O) groups is 1. The minimum atomic E-state index is -1.09. The Morgan fingerprint density at radius 3 is 2.31 bits per heavy atom. The molecule has 7 heteroatoms. The molecule has 0 bridgehead atoms. The highest BCUT2D eigenvalue weighted by molar-refractivity contribution is 5.69. The van der Waals surface area contributed by atoms with Crippen LogP contribution in [0.3, 0.4) is 0 Å². The first-order valence-corrected chi connectivity index (χ1v) is 11.6. The van der Waals surface area contributed by atoms with Gasteiger partial charge < -0.3 is 4.74 Å². The second-order valence-electron chi connectivity index (χ2n) is 7.60. The van der Waals surface area contributed by atoms with Crippen molar-refractivity contribution in [3.05, 3.63) is 69.3 Å². The fraction of sp³-hybridized carbons (Fsp3) is 0.560. The number of aromatic amines is 1. The number of carbonyl (C=O) groups excluding carboxylic acids is 1. The number of nitrogens with one attached hydrogen (secondary N) is 1. The van der Waals surface area contributed by atoms with Gasteiger partial charge >= 0.3 is 11.7 Å². The molecular formula is C25H37FN2O4. The first kappa shape index (κ1) is 27.3. The van der Waals surface area contributed by atoms with Crippen molar-refractivity contribution in [1.82, 2.24) is 9.55 Å². The van der Waals surface area contributed by atoms with Crippen molar-refractivity contribution in [2.24, 2.45) is 0 Å². The molecule has 1 N–H and O–H groups in total. The lowest BCUT2D eigenvalue weighted by Gasteiger charge is -2.18. The van der Waals surface area contributed by atoms with Crippen molar-refractivity contribution in [1.29, 1.82) is 0 Å². The second-order valence-corrected chi connectivity index (χ2v) is 7.60. The van der Waals surface area contributed by atoms with Crippen LogP contribution in [0.25, 0.3) is 0 Å². The van der Waals surface area contributed by atoms with Gasteiger partial charge in [-0.2, -0.15) is 4.39 Å². The van der Waals surface area contributed by atoms with Crippen LogP contribution in [0.5, 0.6) is 0 Å². The van der Waals surface area contributed by atoms with Crippen molar-refractivity contribution < 1.29 is 13.9 Å². The summed E-state index contributed by atoms with van der Waals surface area (Å²) in [5.74, 6) is -1.53. The number of allylic oxidation sites excluding steroid dienone is 6. The van der Waals surface area contributed by atoms with Gasteiger partial charge in [-0.1, -0.05) is 69.6 Å². The van der Waals surface area contributed by atoms with Gasteiger partial charge in [0.1, 0.15) is 0 Å². The van der Waals surface area contributed by atoms with Crippen molar-refractivity contribution >= 4 is 5.97 Å². The molecule has 0 radical (unpaired) electrons. The van der Waals surface area contributed by atoms with E-state index in [0.717, 1.165) is 62.1 Å². The molecular weight excluding hydrogens is 411 g/mol. The number of halogens is 1. The number of hydrogen-bond acceptors (Lipinski definition) is 4. The topological polar surface area (TPSA) is 81.2 Å². The van der Waals surface area contributed by atoms with E-state index in [2.05, 4.69) is 43.4 Å². The smallest absolute Gasteiger partial charge is 0.331 e. The van der Waals surface area contributed by atoms with Crippen LogP contribution < -0.4 is 11.2 Å². The molecule has 0 saturated heterocycles. The quantitative estimate of drug-likeness (QED) is 0.199. The van der Waals surface area contributed by atoms with E-state index in [0.29, 0.717) is 6.42 Å². The molecule has 0 fully saturated rings. The van der Waals surface area contributed by atoms with Gasteiger partial charge in [0.2, 0.25) is 5.82 Å². The summed E-state index contributed by atoms with van der Waals surface area (Å²) in [5, 5.41) is 0. The fourth-order valence-corrected chi connectivity index (χ4v) is 3.11. The molecule has 1 unspecified atom stereocenters. The molecule has 1 heterocycles. The van der Waals surface area contributed by atoms with Crippen LogP contribution in [-0.2, 0) is 9.53 Å². The number of hydrogen-bond donors (Lipinski definition) is 1. The highest BCUT2D eigenvalue weighted by Crippen LogP contribution is 2.14. The number of rotatable bonds is 16. The Morgan fingerprint density at radius 2 is 1.62 bits per heavy atom. The summed E-state index contributed by atoms with van der Waals surface area (Å²) in [5.41, 5.74) is -1.89.